The average Bonchev–Trinajstić information content (AvgIpc) is 2.70. The van der Waals surface area contributed by atoms with Crippen molar-refractivity contribution in [1.29, 1.82) is 0 Å². The number of allylic oxidation sites excluding steroid dienone is 1. The number of halogens is 1. The molecule has 1 aromatic rings. The van der Waals surface area contributed by atoms with Crippen molar-refractivity contribution in [3.8, 4) is 0 Å². The number of benzene rings is 1. The average molecular weight is 307 g/mol. The lowest BCUT2D eigenvalue weighted by Crippen LogP contribution is -2.25. The number of nitrogens with zero attached hydrogens (tertiary/aromatic N) is 1. The van der Waals surface area contributed by atoms with Crippen LogP contribution in [0.3, 0.4) is 0 Å². The van der Waals surface area contributed by atoms with Gasteiger partial charge in [-0.25, -0.2) is 4.39 Å². The van der Waals surface area contributed by atoms with Crippen molar-refractivity contribution >= 4 is 23.5 Å². The van der Waals surface area contributed by atoms with Crippen molar-refractivity contribution in [2.45, 2.75) is 27.3 Å². The van der Waals surface area contributed by atoms with E-state index in [9.17, 15) is 14.0 Å². The third-order valence-electron chi connectivity index (χ3n) is 3.13. The number of hydrogen-bond acceptors (Lipinski definition) is 3. The van der Waals surface area contributed by atoms with Crippen molar-refractivity contribution in [2.24, 2.45) is 5.41 Å². The van der Waals surface area contributed by atoms with E-state index in [2.05, 4.69) is 0 Å². The first kappa shape index (κ1) is 15.8. The molecule has 2 rings (SSSR count). The molecule has 0 aromatic heterocycles. The molecular formula is C16H18FNO2S. The van der Waals surface area contributed by atoms with Crippen LogP contribution in [0, 0.1) is 11.2 Å². The number of rotatable bonds is 3. The summed E-state index contributed by atoms with van der Waals surface area (Å²) in [6.45, 7) is 5.80. The lowest BCUT2D eigenvalue weighted by atomic mass is 9.91. The number of carbonyl (C=O) groups excluding carboxylic acids is 2. The fraction of sp³-hybridized carbons (Fsp3) is 0.375. The smallest absolute Gasteiger partial charge is 0.238 e. The fourth-order valence-corrected chi connectivity index (χ4v) is 2.79. The highest BCUT2D eigenvalue weighted by Crippen LogP contribution is 2.31. The Labute approximate surface area is 128 Å². The number of carbonyl (C=O) groups is 2. The van der Waals surface area contributed by atoms with Crippen molar-refractivity contribution in [2.75, 3.05) is 5.75 Å². The van der Waals surface area contributed by atoms with Crippen molar-refractivity contribution in [3.05, 3.63) is 46.8 Å². The third kappa shape index (κ3) is 3.94. The van der Waals surface area contributed by atoms with Crippen LogP contribution in [-0.4, -0.2) is 22.3 Å². The molecule has 3 nitrogen and oxygen atoms in total. The van der Waals surface area contributed by atoms with Gasteiger partial charge in [-0.1, -0.05) is 44.7 Å². The molecule has 0 saturated carbocycles. The van der Waals surface area contributed by atoms with Gasteiger partial charge in [0, 0.05) is 11.5 Å². The molecule has 112 valence electrons. The number of ketones is 1. The summed E-state index contributed by atoms with van der Waals surface area (Å²) in [4.78, 5) is 25.6. The zero-order chi connectivity index (χ0) is 15.6. The Bertz CT molecular complexity index is 605. The van der Waals surface area contributed by atoms with E-state index in [1.165, 1.54) is 30.0 Å². The van der Waals surface area contributed by atoms with E-state index in [1.807, 2.05) is 20.8 Å². The maximum absolute atomic E-state index is 13.2. The molecule has 0 spiro atoms. The van der Waals surface area contributed by atoms with E-state index in [1.54, 1.807) is 17.0 Å². The van der Waals surface area contributed by atoms with Crippen LogP contribution in [0.1, 0.15) is 26.3 Å². The molecule has 1 aliphatic heterocycles. The molecule has 1 fully saturated rings. The van der Waals surface area contributed by atoms with Crippen LogP contribution < -0.4 is 0 Å². The molecule has 0 radical (unpaired) electrons. The van der Waals surface area contributed by atoms with E-state index < -0.39 is 5.41 Å². The normalized spacial score (nSPS) is 17.6. The van der Waals surface area contributed by atoms with Gasteiger partial charge in [0.15, 0.2) is 5.78 Å². The molecular weight excluding hydrogens is 289 g/mol. The Morgan fingerprint density at radius 2 is 2.14 bits per heavy atom. The molecule has 0 atom stereocenters. The third-order valence-corrected chi connectivity index (χ3v) is 4.16. The monoisotopic (exact) mass is 307 g/mol. The SMILES string of the molecule is CC(C)(C)C(=O)/C=C1\SCC(=O)N1Cc1cccc(F)c1. The summed E-state index contributed by atoms with van der Waals surface area (Å²) in [5.41, 5.74) is 0.226. The Morgan fingerprint density at radius 1 is 1.43 bits per heavy atom. The van der Waals surface area contributed by atoms with Gasteiger partial charge in [-0.15, -0.1) is 0 Å². The Hall–Kier alpha value is -1.62. The van der Waals surface area contributed by atoms with Crippen LogP contribution in [0.4, 0.5) is 4.39 Å². The quantitative estimate of drug-likeness (QED) is 0.804. The van der Waals surface area contributed by atoms with Crippen LogP contribution in [0.25, 0.3) is 0 Å². The second-order valence-corrected chi connectivity index (χ2v) is 6.99. The van der Waals surface area contributed by atoms with Crippen LogP contribution >= 0.6 is 11.8 Å². The maximum atomic E-state index is 13.2. The zero-order valence-electron chi connectivity index (χ0n) is 12.4. The Morgan fingerprint density at radius 3 is 2.76 bits per heavy atom. The van der Waals surface area contributed by atoms with Gasteiger partial charge < -0.3 is 4.90 Å². The minimum absolute atomic E-state index is 0.0241. The number of hydrogen-bond donors (Lipinski definition) is 0. The first-order valence-electron chi connectivity index (χ1n) is 6.71. The van der Waals surface area contributed by atoms with Crippen LogP contribution in [0.5, 0.6) is 0 Å². The summed E-state index contributed by atoms with van der Waals surface area (Å²) in [6.07, 6.45) is 1.52. The highest BCUT2D eigenvalue weighted by Gasteiger charge is 2.29. The van der Waals surface area contributed by atoms with Crippen molar-refractivity contribution in [1.82, 2.24) is 4.90 Å². The topological polar surface area (TPSA) is 37.4 Å². The second-order valence-electron chi connectivity index (χ2n) is 6.00. The number of amides is 1. The van der Waals surface area contributed by atoms with Gasteiger partial charge in [0.25, 0.3) is 0 Å². The lowest BCUT2D eigenvalue weighted by molar-refractivity contribution is -0.125. The summed E-state index contributed by atoms with van der Waals surface area (Å²) < 4.78 is 13.2. The molecule has 5 heteroatoms. The van der Waals surface area contributed by atoms with E-state index >= 15 is 0 Å². The van der Waals surface area contributed by atoms with E-state index in [4.69, 9.17) is 0 Å². The first-order valence-corrected chi connectivity index (χ1v) is 7.69. The van der Waals surface area contributed by atoms with Gasteiger partial charge in [0.05, 0.1) is 17.3 Å². The first-order chi connectivity index (χ1) is 9.77. The molecule has 1 heterocycles. The highest BCUT2D eigenvalue weighted by atomic mass is 32.2. The molecule has 21 heavy (non-hydrogen) atoms. The van der Waals surface area contributed by atoms with E-state index in [0.29, 0.717) is 16.3 Å². The molecule has 1 aliphatic rings. The van der Waals surface area contributed by atoms with E-state index in [0.717, 1.165) is 0 Å². The summed E-state index contributed by atoms with van der Waals surface area (Å²) in [7, 11) is 0. The van der Waals surface area contributed by atoms with E-state index in [-0.39, 0.29) is 24.1 Å². The van der Waals surface area contributed by atoms with Crippen molar-refractivity contribution in [3.63, 3.8) is 0 Å². The molecule has 0 bridgehead atoms. The number of thioether (sulfide) groups is 1. The molecule has 0 aliphatic carbocycles. The zero-order valence-corrected chi connectivity index (χ0v) is 13.2. The van der Waals surface area contributed by atoms with Gasteiger partial charge in [-0.3, -0.25) is 9.59 Å². The minimum atomic E-state index is -0.482. The highest BCUT2D eigenvalue weighted by molar-refractivity contribution is 8.04. The van der Waals surface area contributed by atoms with Gasteiger partial charge in [-0.2, -0.15) is 0 Å². The maximum Gasteiger partial charge on any atom is 0.238 e. The summed E-state index contributed by atoms with van der Waals surface area (Å²) >= 11 is 1.35. The van der Waals surface area contributed by atoms with Crippen LogP contribution in [-0.2, 0) is 16.1 Å². The Kier molecular flexibility index (Phi) is 4.52. The standard InChI is InChI=1S/C16H18FNO2S/c1-16(2,3)13(19)8-15-18(14(20)10-21-15)9-11-5-4-6-12(17)7-11/h4-8H,9-10H2,1-3H3/b15-8-. The summed E-state index contributed by atoms with van der Waals surface area (Å²) in [6, 6.07) is 6.15. The van der Waals surface area contributed by atoms with Gasteiger partial charge in [0.1, 0.15) is 5.82 Å². The van der Waals surface area contributed by atoms with Gasteiger partial charge >= 0.3 is 0 Å². The Balaban J connectivity index is 2.21. The molecule has 1 amide bonds. The fourth-order valence-electron chi connectivity index (χ4n) is 1.85. The largest absolute Gasteiger partial charge is 0.301 e. The lowest BCUT2D eigenvalue weighted by Gasteiger charge is -2.19. The summed E-state index contributed by atoms with van der Waals surface area (Å²) in [5, 5.41) is 0.643. The van der Waals surface area contributed by atoms with Gasteiger partial charge in [0.2, 0.25) is 5.91 Å². The molecule has 0 N–H and O–H groups in total. The minimum Gasteiger partial charge on any atom is -0.301 e. The van der Waals surface area contributed by atoms with Gasteiger partial charge in [-0.05, 0) is 17.7 Å². The second kappa shape index (κ2) is 6.02. The predicted molar refractivity (Wildman–Crippen MR) is 82.0 cm³/mol. The van der Waals surface area contributed by atoms with Crippen LogP contribution in [0.2, 0.25) is 0 Å². The van der Waals surface area contributed by atoms with Crippen LogP contribution in [0.15, 0.2) is 35.4 Å². The van der Waals surface area contributed by atoms with Crippen molar-refractivity contribution < 1.29 is 14.0 Å². The predicted octanol–water partition coefficient (Wildman–Crippen LogP) is 3.36. The molecule has 1 aromatic carbocycles. The summed E-state index contributed by atoms with van der Waals surface area (Å²) in [5.74, 6) is -0.0947. The molecule has 0 unspecified atom stereocenters. The molecule has 1 saturated heterocycles.